The van der Waals surface area contributed by atoms with E-state index in [9.17, 15) is 4.79 Å². The summed E-state index contributed by atoms with van der Waals surface area (Å²) in [6.45, 7) is 1.84. The van der Waals surface area contributed by atoms with Crippen LogP contribution in [0.4, 0.5) is 0 Å². The molecule has 88 valence electrons. The van der Waals surface area contributed by atoms with Crippen LogP contribution in [0, 0.1) is 6.92 Å². The molecule has 1 aromatic carbocycles. The van der Waals surface area contributed by atoms with Crippen LogP contribution in [0.1, 0.15) is 15.9 Å². The van der Waals surface area contributed by atoms with E-state index in [1.165, 1.54) is 11.0 Å². The molecule has 7 heteroatoms. The molecule has 1 amide bonds. The number of aryl methyl sites for hydroxylation is 1. The second kappa shape index (κ2) is 4.50. The summed E-state index contributed by atoms with van der Waals surface area (Å²) in [5.74, 6) is -0.235. The molecule has 0 spiro atoms. The summed E-state index contributed by atoms with van der Waals surface area (Å²) < 4.78 is 1.44. The van der Waals surface area contributed by atoms with Gasteiger partial charge in [0.05, 0.1) is 11.3 Å². The van der Waals surface area contributed by atoms with Crippen molar-refractivity contribution in [2.45, 2.75) is 6.92 Å². The molecule has 0 bridgehead atoms. The van der Waals surface area contributed by atoms with Crippen LogP contribution in [0.15, 0.2) is 18.5 Å². The normalized spacial score (nSPS) is 10.3. The summed E-state index contributed by atoms with van der Waals surface area (Å²) >= 11 is 5.94. The monoisotopic (exact) mass is 251 g/mol. The van der Waals surface area contributed by atoms with Crippen LogP contribution in [0.5, 0.6) is 0 Å². The highest BCUT2D eigenvalue weighted by molar-refractivity contribution is 6.31. The second-order valence-electron chi connectivity index (χ2n) is 3.45. The van der Waals surface area contributed by atoms with E-state index in [2.05, 4.69) is 20.8 Å². The first-order valence-electron chi connectivity index (χ1n) is 4.89. The maximum Gasteiger partial charge on any atom is 0.253 e. The number of tetrazole rings is 1. The Morgan fingerprint density at radius 3 is 2.82 bits per heavy atom. The Morgan fingerprint density at radius 1 is 1.47 bits per heavy atom. The first-order chi connectivity index (χ1) is 8.13. The van der Waals surface area contributed by atoms with Crippen LogP contribution < -0.4 is 5.32 Å². The smallest absolute Gasteiger partial charge is 0.253 e. The Balaban J connectivity index is 2.68. The number of carbonyl (C=O) groups excluding carboxylic acids is 1. The molecule has 0 saturated carbocycles. The minimum Gasteiger partial charge on any atom is -0.355 e. The van der Waals surface area contributed by atoms with Crippen molar-refractivity contribution < 1.29 is 4.79 Å². The Labute approximate surface area is 103 Å². The van der Waals surface area contributed by atoms with Gasteiger partial charge in [-0.25, -0.2) is 0 Å². The van der Waals surface area contributed by atoms with E-state index in [0.717, 1.165) is 5.56 Å². The number of carbonyl (C=O) groups is 1. The SMILES string of the molecule is CNC(=O)c1cc(Cl)cc(C)c1-n1cnnn1. The highest BCUT2D eigenvalue weighted by Gasteiger charge is 2.16. The van der Waals surface area contributed by atoms with Crippen LogP contribution in [0.25, 0.3) is 5.69 Å². The van der Waals surface area contributed by atoms with Crippen molar-refractivity contribution >= 4 is 17.5 Å². The van der Waals surface area contributed by atoms with Gasteiger partial charge in [-0.3, -0.25) is 4.79 Å². The quantitative estimate of drug-likeness (QED) is 0.864. The van der Waals surface area contributed by atoms with Gasteiger partial charge in [-0.2, -0.15) is 4.68 Å². The number of nitrogens with zero attached hydrogens (tertiary/aromatic N) is 4. The molecule has 6 nitrogen and oxygen atoms in total. The highest BCUT2D eigenvalue weighted by atomic mass is 35.5. The minimum atomic E-state index is -0.235. The number of aromatic nitrogens is 4. The molecule has 2 rings (SSSR count). The van der Waals surface area contributed by atoms with Crippen molar-refractivity contribution in [2.24, 2.45) is 0 Å². The van der Waals surface area contributed by atoms with Crippen molar-refractivity contribution in [3.63, 3.8) is 0 Å². The zero-order valence-corrected chi connectivity index (χ0v) is 10.1. The number of nitrogens with one attached hydrogen (secondary N) is 1. The molecule has 1 heterocycles. The lowest BCUT2D eigenvalue weighted by molar-refractivity contribution is 0.0963. The third-order valence-electron chi connectivity index (χ3n) is 2.32. The summed E-state index contributed by atoms with van der Waals surface area (Å²) in [5, 5.41) is 14.0. The molecule has 0 fully saturated rings. The van der Waals surface area contributed by atoms with E-state index < -0.39 is 0 Å². The highest BCUT2D eigenvalue weighted by Crippen LogP contribution is 2.23. The van der Waals surface area contributed by atoms with Gasteiger partial charge in [0.1, 0.15) is 6.33 Å². The molecule has 0 aliphatic heterocycles. The number of hydrogen-bond donors (Lipinski definition) is 1. The Morgan fingerprint density at radius 2 is 2.24 bits per heavy atom. The van der Waals surface area contributed by atoms with Gasteiger partial charge < -0.3 is 5.32 Å². The maximum atomic E-state index is 11.8. The molecule has 2 aromatic rings. The number of hydrogen-bond acceptors (Lipinski definition) is 4. The fourth-order valence-corrected chi connectivity index (χ4v) is 1.88. The van der Waals surface area contributed by atoms with Crippen LogP contribution >= 0.6 is 11.6 Å². The Kier molecular flexibility index (Phi) is 3.06. The van der Waals surface area contributed by atoms with Crippen molar-refractivity contribution in [1.29, 1.82) is 0 Å². The van der Waals surface area contributed by atoms with E-state index in [0.29, 0.717) is 16.3 Å². The molecule has 0 radical (unpaired) electrons. The first kappa shape index (κ1) is 11.5. The zero-order valence-electron chi connectivity index (χ0n) is 9.31. The molecule has 1 aromatic heterocycles. The fraction of sp³-hybridized carbons (Fsp3) is 0.200. The predicted octanol–water partition coefficient (Wildman–Crippen LogP) is 0.984. The summed E-state index contributed by atoms with van der Waals surface area (Å²) in [6.07, 6.45) is 1.43. The second-order valence-corrected chi connectivity index (χ2v) is 3.89. The van der Waals surface area contributed by atoms with Gasteiger partial charge in [0.25, 0.3) is 5.91 Å². The van der Waals surface area contributed by atoms with Crippen LogP contribution in [-0.2, 0) is 0 Å². The molecule has 17 heavy (non-hydrogen) atoms. The van der Waals surface area contributed by atoms with Gasteiger partial charge in [-0.15, -0.1) is 5.10 Å². The lowest BCUT2D eigenvalue weighted by Gasteiger charge is -2.11. The Hall–Kier alpha value is -1.95. The number of halogens is 1. The lowest BCUT2D eigenvalue weighted by atomic mass is 10.1. The fourth-order valence-electron chi connectivity index (χ4n) is 1.61. The largest absolute Gasteiger partial charge is 0.355 e. The first-order valence-corrected chi connectivity index (χ1v) is 5.27. The predicted molar refractivity (Wildman–Crippen MR) is 62.3 cm³/mol. The number of amides is 1. The van der Waals surface area contributed by atoms with Crippen LogP contribution in [0.2, 0.25) is 5.02 Å². The van der Waals surface area contributed by atoms with E-state index in [-0.39, 0.29) is 5.91 Å². The van der Waals surface area contributed by atoms with E-state index in [1.54, 1.807) is 19.2 Å². The summed E-state index contributed by atoms with van der Waals surface area (Å²) in [6, 6.07) is 3.34. The molecule has 0 unspecified atom stereocenters. The third-order valence-corrected chi connectivity index (χ3v) is 2.53. The van der Waals surface area contributed by atoms with Gasteiger partial charge in [0.15, 0.2) is 0 Å². The van der Waals surface area contributed by atoms with E-state index >= 15 is 0 Å². The van der Waals surface area contributed by atoms with Gasteiger partial charge in [-0.1, -0.05) is 11.6 Å². The van der Waals surface area contributed by atoms with Crippen molar-refractivity contribution in [3.8, 4) is 5.69 Å². The molecular formula is C10H10ClN5O. The van der Waals surface area contributed by atoms with Gasteiger partial charge in [0, 0.05) is 12.1 Å². The minimum absolute atomic E-state index is 0.235. The van der Waals surface area contributed by atoms with Crippen molar-refractivity contribution in [2.75, 3.05) is 7.05 Å². The maximum absolute atomic E-state index is 11.8. The summed E-state index contributed by atoms with van der Waals surface area (Å²) in [4.78, 5) is 11.8. The molecule has 0 aliphatic carbocycles. The van der Waals surface area contributed by atoms with Gasteiger partial charge in [0.2, 0.25) is 0 Å². The van der Waals surface area contributed by atoms with Gasteiger partial charge >= 0.3 is 0 Å². The standard InChI is InChI=1S/C10H10ClN5O/c1-6-3-7(11)4-8(10(17)12-2)9(6)16-5-13-14-15-16/h3-5H,1-2H3,(H,12,17). The molecule has 0 saturated heterocycles. The van der Waals surface area contributed by atoms with Crippen LogP contribution in [-0.4, -0.2) is 33.2 Å². The third kappa shape index (κ3) is 2.12. The Bertz CT molecular complexity index is 552. The van der Waals surface area contributed by atoms with E-state index in [4.69, 9.17) is 11.6 Å². The molecule has 0 atom stereocenters. The van der Waals surface area contributed by atoms with E-state index in [1.807, 2.05) is 6.92 Å². The summed E-state index contributed by atoms with van der Waals surface area (Å²) in [7, 11) is 1.56. The average molecular weight is 252 g/mol. The van der Waals surface area contributed by atoms with Crippen molar-refractivity contribution in [1.82, 2.24) is 25.5 Å². The average Bonchev–Trinajstić information content (AvgIpc) is 2.80. The lowest BCUT2D eigenvalue weighted by Crippen LogP contribution is -2.21. The van der Waals surface area contributed by atoms with Gasteiger partial charge in [-0.05, 0) is 35.0 Å². The molecule has 0 aliphatic rings. The molecule has 1 N–H and O–H groups in total. The summed E-state index contributed by atoms with van der Waals surface area (Å²) in [5.41, 5.74) is 1.88. The van der Waals surface area contributed by atoms with Crippen molar-refractivity contribution in [3.05, 3.63) is 34.6 Å². The zero-order chi connectivity index (χ0) is 12.4. The number of benzene rings is 1. The number of rotatable bonds is 2. The molecular weight excluding hydrogens is 242 g/mol. The van der Waals surface area contributed by atoms with Crippen LogP contribution in [0.3, 0.4) is 0 Å². The topological polar surface area (TPSA) is 72.7 Å².